The molecule has 0 heterocycles. The van der Waals surface area contributed by atoms with Crippen molar-refractivity contribution in [1.29, 1.82) is 0 Å². The molecule has 9 nitrogen and oxygen atoms in total. The number of nitrogens with zero attached hydrogens (tertiary/aromatic N) is 2. The Kier molecular flexibility index (Phi) is 7.30. The Morgan fingerprint density at radius 3 is 2.57 bits per heavy atom. The Hall–Kier alpha value is -1.32. The van der Waals surface area contributed by atoms with Crippen molar-refractivity contribution >= 4 is 25.2 Å². The van der Waals surface area contributed by atoms with Gasteiger partial charge < -0.3 is 14.2 Å². The number of ether oxygens (including phenoxy) is 1. The molecule has 0 aliphatic heterocycles. The van der Waals surface area contributed by atoms with Gasteiger partial charge in [0.1, 0.15) is 6.10 Å². The van der Waals surface area contributed by atoms with E-state index in [1.807, 2.05) is 19.0 Å². The molecule has 0 radical (unpaired) electrons. The van der Waals surface area contributed by atoms with E-state index in [2.05, 4.69) is 9.47 Å². The third-order valence-corrected chi connectivity index (χ3v) is 4.03. The van der Waals surface area contributed by atoms with Gasteiger partial charge in [-0.3, -0.25) is 10.1 Å². The van der Waals surface area contributed by atoms with Crippen molar-refractivity contribution in [2.24, 2.45) is 5.14 Å². The van der Waals surface area contributed by atoms with E-state index >= 15 is 0 Å². The average Bonchev–Trinajstić information content (AvgIpc) is 2.43. The molecule has 0 spiro atoms. The van der Waals surface area contributed by atoms with Gasteiger partial charge in [0.05, 0.1) is 16.4 Å². The Labute approximate surface area is 137 Å². The zero-order chi connectivity index (χ0) is 17.6. The first kappa shape index (κ1) is 19.7. The molecule has 2 N–H and O–H groups in total. The molecule has 23 heavy (non-hydrogen) atoms. The van der Waals surface area contributed by atoms with Crippen molar-refractivity contribution in [3.8, 4) is 5.75 Å². The number of sulfonamides is 1. The summed E-state index contributed by atoms with van der Waals surface area (Å²) in [7, 11) is 1.85. The van der Waals surface area contributed by atoms with Gasteiger partial charge in [-0.05, 0) is 32.6 Å². The topological polar surface area (TPSA) is 125 Å². The normalized spacial score (nSPS) is 13.1. The fourth-order valence-electron chi connectivity index (χ4n) is 1.78. The lowest BCUT2D eigenvalue weighted by atomic mass is 10.2. The number of nitrogens with two attached hydrogens (primary N) is 1. The van der Waals surface area contributed by atoms with Crippen LogP contribution < -0.4 is 9.88 Å². The van der Waals surface area contributed by atoms with Crippen molar-refractivity contribution in [1.82, 2.24) is 4.90 Å². The minimum absolute atomic E-state index is 0.0341. The van der Waals surface area contributed by atoms with Crippen LogP contribution in [0.15, 0.2) is 23.1 Å². The number of hydrogen-bond acceptors (Lipinski definition) is 7. The molecule has 1 aromatic rings. The molecule has 2 atom stereocenters. The number of rotatable bonds is 9. The summed E-state index contributed by atoms with van der Waals surface area (Å²) < 4.78 is 33.2. The number of nitro groups is 1. The van der Waals surface area contributed by atoms with Crippen molar-refractivity contribution in [3.63, 3.8) is 0 Å². The highest BCUT2D eigenvalue weighted by molar-refractivity contribution is 7.89. The first-order chi connectivity index (χ1) is 10.6. The summed E-state index contributed by atoms with van der Waals surface area (Å²) in [4.78, 5) is 12.0. The number of nitro benzene ring substituents is 1. The van der Waals surface area contributed by atoms with E-state index in [-0.39, 0.29) is 17.3 Å². The fourth-order valence-corrected chi connectivity index (χ4v) is 2.53. The van der Waals surface area contributed by atoms with E-state index in [0.29, 0.717) is 13.0 Å². The average molecular weight is 365 g/mol. The van der Waals surface area contributed by atoms with Gasteiger partial charge in [0.15, 0.2) is 5.75 Å². The first-order valence-corrected chi connectivity index (χ1v) is 8.61. The van der Waals surface area contributed by atoms with Crippen LogP contribution in [-0.4, -0.2) is 51.6 Å². The zero-order valence-corrected chi connectivity index (χ0v) is 14.8. The lowest BCUT2D eigenvalue weighted by Gasteiger charge is -2.20. The van der Waals surface area contributed by atoms with Gasteiger partial charge in [-0.2, -0.15) is 0 Å². The van der Waals surface area contributed by atoms with E-state index < -0.39 is 26.7 Å². The monoisotopic (exact) mass is 365 g/mol. The molecule has 0 saturated heterocycles. The molecule has 0 bridgehead atoms. The third kappa shape index (κ3) is 6.36. The highest BCUT2D eigenvalue weighted by atomic mass is 32.2. The standard InChI is InChI=1S/C12H20N3O6PS/c1-14(2)6-5-9(8-20-22)21-12-4-3-10(23(13,18)19)7-11(12)15(16)17/h3-4,7,9H,5-6,8,22H2,1-2H3,(H2,13,18,19)/t9-/m1/s1. The van der Waals surface area contributed by atoms with E-state index in [1.54, 1.807) is 0 Å². The van der Waals surface area contributed by atoms with Crippen LogP contribution in [0.4, 0.5) is 5.69 Å². The lowest BCUT2D eigenvalue weighted by molar-refractivity contribution is -0.386. The molecule has 130 valence electrons. The Morgan fingerprint density at radius 1 is 1.43 bits per heavy atom. The van der Waals surface area contributed by atoms with Crippen LogP contribution in [0.2, 0.25) is 0 Å². The summed E-state index contributed by atoms with van der Waals surface area (Å²) >= 11 is 0. The Balaban J connectivity index is 3.07. The predicted octanol–water partition coefficient (Wildman–Crippen LogP) is 0.748. The highest BCUT2D eigenvalue weighted by Gasteiger charge is 2.22. The number of primary sulfonamides is 1. The van der Waals surface area contributed by atoms with Crippen LogP contribution in [0.5, 0.6) is 5.75 Å². The first-order valence-electron chi connectivity index (χ1n) is 6.59. The van der Waals surface area contributed by atoms with Crippen LogP contribution in [0.1, 0.15) is 6.42 Å². The number of hydrogen-bond donors (Lipinski definition) is 1. The molecular weight excluding hydrogens is 345 g/mol. The van der Waals surface area contributed by atoms with Gasteiger partial charge in [-0.1, -0.05) is 0 Å². The lowest BCUT2D eigenvalue weighted by Crippen LogP contribution is -2.27. The van der Waals surface area contributed by atoms with Gasteiger partial charge in [0.25, 0.3) is 0 Å². The molecular formula is C12H20N3O6PS. The molecule has 0 aliphatic carbocycles. The van der Waals surface area contributed by atoms with E-state index in [1.165, 1.54) is 12.1 Å². The quantitative estimate of drug-likeness (QED) is 0.389. The summed E-state index contributed by atoms with van der Waals surface area (Å²) in [5.74, 6) is -0.0341. The van der Waals surface area contributed by atoms with Crippen LogP contribution in [-0.2, 0) is 14.5 Å². The molecule has 1 unspecified atom stereocenters. The smallest absolute Gasteiger partial charge is 0.312 e. The van der Waals surface area contributed by atoms with Gasteiger partial charge >= 0.3 is 5.69 Å². The molecule has 11 heteroatoms. The minimum atomic E-state index is -4.03. The number of benzene rings is 1. The van der Waals surface area contributed by atoms with E-state index in [9.17, 15) is 18.5 Å². The molecule has 0 saturated carbocycles. The van der Waals surface area contributed by atoms with Crippen LogP contribution >= 0.6 is 9.47 Å². The summed E-state index contributed by atoms with van der Waals surface area (Å²) in [6.07, 6.45) is 0.157. The molecule has 0 aromatic heterocycles. The van der Waals surface area contributed by atoms with Crippen molar-refractivity contribution in [2.45, 2.75) is 17.4 Å². The predicted molar refractivity (Wildman–Crippen MR) is 87.7 cm³/mol. The summed E-state index contributed by atoms with van der Waals surface area (Å²) in [5.41, 5.74) is -0.463. The second-order valence-electron chi connectivity index (χ2n) is 5.10. The molecule has 1 rings (SSSR count). The minimum Gasteiger partial charge on any atom is -0.481 e. The highest BCUT2D eigenvalue weighted by Crippen LogP contribution is 2.30. The second kappa shape index (κ2) is 8.51. The second-order valence-corrected chi connectivity index (χ2v) is 6.99. The van der Waals surface area contributed by atoms with Crippen molar-refractivity contribution in [3.05, 3.63) is 28.3 Å². The van der Waals surface area contributed by atoms with Crippen molar-refractivity contribution in [2.75, 3.05) is 27.2 Å². The maximum absolute atomic E-state index is 11.3. The van der Waals surface area contributed by atoms with Crippen LogP contribution in [0, 0.1) is 10.1 Å². The molecule has 0 fully saturated rings. The summed E-state index contributed by atoms with van der Waals surface area (Å²) in [5, 5.41) is 16.1. The fraction of sp³-hybridized carbons (Fsp3) is 0.500. The van der Waals surface area contributed by atoms with Gasteiger partial charge in [-0.25, -0.2) is 13.6 Å². The Morgan fingerprint density at radius 2 is 2.09 bits per heavy atom. The maximum Gasteiger partial charge on any atom is 0.312 e. The summed E-state index contributed by atoms with van der Waals surface area (Å²) in [6, 6.07) is 3.28. The van der Waals surface area contributed by atoms with Crippen LogP contribution in [0.3, 0.4) is 0 Å². The third-order valence-electron chi connectivity index (χ3n) is 2.93. The molecule has 1 aromatic carbocycles. The van der Waals surface area contributed by atoms with E-state index in [0.717, 1.165) is 6.07 Å². The zero-order valence-electron chi connectivity index (χ0n) is 12.8. The molecule has 0 aliphatic rings. The van der Waals surface area contributed by atoms with Crippen LogP contribution in [0.25, 0.3) is 0 Å². The van der Waals surface area contributed by atoms with Crippen molar-refractivity contribution < 1.29 is 22.6 Å². The Bertz CT molecular complexity index is 652. The van der Waals surface area contributed by atoms with Gasteiger partial charge in [0.2, 0.25) is 10.0 Å². The largest absolute Gasteiger partial charge is 0.481 e. The molecule has 0 amide bonds. The maximum atomic E-state index is 11.3. The SMILES string of the molecule is CN(C)CC[C@H](COP)Oc1ccc(S(N)(=O)=O)cc1[N+](=O)[O-]. The summed E-state index contributed by atoms with van der Waals surface area (Å²) in [6.45, 7) is 0.911. The van der Waals surface area contributed by atoms with E-state index in [4.69, 9.17) is 14.4 Å². The van der Waals surface area contributed by atoms with Gasteiger partial charge in [-0.15, -0.1) is 0 Å². The van der Waals surface area contributed by atoms with Gasteiger partial charge in [0, 0.05) is 22.1 Å².